The fourth-order valence-corrected chi connectivity index (χ4v) is 4.22. The molecule has 1 aliphatic carbocycles. The predicted octanol–water partition coefficient (Wildman–Crippen LogP) is 2.05. The highest BCUT2D eigenvalue weighted by Gasteiger charge is 2.57. The number of carbonyl (C=O) groups is 1. The van der Waals surface area contributed by atoms with Gasteiger partial charge >= 0.3 is 0 Å². The Morgan fingerprint density at radius 2 is 2.04 bits per heavy atom. The monoisotopic (exact) mass is 336 g/mol. The standard InChI is InChI=1S/C18H22F2N2O2/c19-18(20)6-15(7-18)21-16(23)17-11-22(9-14(17)10-24-12-17)8-13-4-2-1-3-5-13/h1-5,14-15H,6-12H2,(H,21,23)/t14-,17-/m1/s1. The summed E-state index contributed by atoms with van der Waals surface area (Å²) in [5.41, 5.74) is 0.632. The van der Waals surface area contributed by atoms with E-state index in [2.05, 4.69) is 22.3 Å². The molecule has 0 bridgehead atoms. The molecule has 0 aromatic heterocycles. The quantitative estimate of drug-likeness (QED) is 0.915. The molecule has 3 aliphatic rings. The van der Waals surface area contributed by atoms with E-state index in [1.165, 1.54) is 5.56 Å². The molecular formula is C18H22F2N2O2. The third kappa shape index (κ3) is 2.82. The van der Waals surface area contributed by atoms with Crippen LogP contribution < -0.4 is 5.32 Å². The van der Waals surface area contributed by atoms with Gasteiger partial charge in [0.15, 0.2) is 0 Å². The normalized spacial score (nSPS) is 32.3. The van der Waals surface area contributed by atoms with Crippen LogP contribution in [-0.2, 0) is 16.1 Å². The van der Waals surface area contributed by atoms with E-state index in [9.17, 15) is 13.6 Å². The zero-order valence-electron chi connectivity index (χ0n) is 13.5. The molecule has 4 nitrogen and oxygen atoms in total. The Morgan fingerprint density at radius 1 is 1.29 bits per heavy atom. The molecule has 1 aromatic carbocycles. The average molecular weight is 336 g/mol. The first-order valence-corrected chi connectivity index (χ1v) is 8.50. The van der Waals surface area contributed by atoms with Crippen molar-refractivity contribution in [3.63, 3.8) is 0 Å². The number of rotatable bonds is 4. The van der Waals surface area contributed by atoms with Gasteiger partial charge in [-0.2, -0.15) is 0 Å². The summed E-state index contributed by atoms with van der Waals surface area (Å²) in [4.78, 5) is 15.1. The fraction of sp³-hybridized carbons (Fsp3) is 0.611. The van der Waals surface area contributed by atoms with Gasteiger partial charge in [-0.15, -0.1) is 0 Å². The molecular weight excluding hydrogens is 314 g/mol. The molecule has 130 valence electrons. The number of nitrogens with one attached hydrogen (secondary N) is 1. The van der Waals surface area contributed by atoms with Gasteiger partial charge in [-0.1, -0.05) is 30.3 Å². The van der Waals surface area contributed by atoms with Crippen LogP contribution in [0, 0.1) is 11.3 Å². The van der Waals surface area contributed by atoms with Crippen LogP contribution in [-0.4, -0.2) is 49.1 Å². The summed E-state index contributed by atoms with van der Waals surface area (Å²) in [5.74, 6) is -2.58. The summed E-state index contributed by atoms with van der Waals surface area (Å²) in [6.45, 7) is 3.19. The maximum atomic E-state index is 13.0. The minimum absolute atomic E-state index is 0.110. The molecule has 0 unspecified atom stereocenters. The molecule has 4 rings (SSSR count). The number of ether oxygens (including phenoxy) is 1. The number of amides is 1. The van der Waals surface area contributed by atoms with Crippen LogP contribution in [0.4, 0.5) is 8.78 Å². The molecule has 1 saturated carbocycles. The summed E-state index contributed by atoms with van der Waals surface area (Å²) in [7, 11) is 0. The molecule has 2 heterocycles. The van der Waals surface area contributed by atoms with Crippen LogP contribution in [0.1, 0.15) is 18.4 Å². The smallest absolute Gasteiger partial charge is 0.252 e. The van der Waals surface area contributed by atoms with E-state index in [4.69, 9.17) is 4.74 Å². The summed E-state index contributed by atoms with van der Waals surface area (Å²) >= 11 is 0. The molecule has 24 heavy (non-hydrogen) atoms. The van der Waals surface area contributed by atoms with Crippen molar-refractivity contribution in [2.24, 2.45) is 11.3 Å². The topological polar surface area (TPSA) is 41.6 Å². The van der Waals surface area contributed by atoms with E-state index in [1.807, 2.05) is 18.2 Å². The molecule has 2 atom stereocenters. The molecule has 2 saturated heterocycles. The van der Waals surface area contributed by atoms with Gasteiger partial charge in [-0.25, -0.2) is 8.78 Å². The second-order valence-corrected chi connectivity index (χ2v) is 7.46. The van der Waals surface area contributed by atoms with Crippen LogP contribution in [0.15, 0.2) is 30.3 Å². The van der Waals surface area contributed by atoms with Gasteiger partial charge in [-0.3, -0.25) is 9.69 Å². The van der Waals surface area contributed by atoms with E-state index < -0.39 is 17.4 Å². The van der Waals surface area contributed by atoms with Crippen molar-refractivity contribution in [2.75, 3.05) is 26.3 Å². The van der Waals surface area contributed by atoms with Crippen molar-refractivity contribution in [2.45, 2.75) is 31.4 Å². The van der Waals surface area contributed by atoms with Gasteiger partial charge in [0.25, 0.3) is 5.92 Å². The second-order valence-electron chi connectivity index (χ2n) is 7.46. The van der Waals surface area contributed by atoms with Crippen LogP contribution >= 0.6 is 0 Å². The molecule has 0 spiro atoms. The van der Waals surface area contributed by atoms with Crippen molar-refractivity contribution in [1.82, 2.24) is 10.2 Å². The third-order valence-corrected chi connectivity index (χ3v) is 5.57. The SMILES string of the molecule is O=C(NC1CC(F)(F)C1)[C@]12COC[C@H]1CN(Cc1ccccc1)C2. The highest BCUT2D eigenvalue weighted by Crippen LogP contribution is 2.43. The number of likely N-dealkylation sites (tertiary alicyclic amines) is 1. The van der Waals surface area contributed by atoms with Crippen molar-refractivity contribution in [3.05, 3.63) is 35.9 Å². The van der Waals surface area contributed by atoms with Crippen LogP contribution in [0.5, 0.6) is 0 Å². The zero-order valence-corrected chi connectivity index (χ0v) is 13.5. The molecule has 2 aliphatic heterocycles. The van der Waals surface area contributed by atoms with Gasteiger partial charge in [0.1, 0.15) is 0 Å². The number of fused-ring (bicyclic) bond motifs is 1. The lowest BCUT2D eigenvalue weighted by Crippen LogP contribution is -2.56. The van der Waals surface area contributed by atoms with Crippen molar-refractivity contribution in [1.29, 1.82) is 0 Å². The number of carbonyl (C=O) groups excluding carboxylic acids is 1. The van der Waals surface area contributed by atoms with E-state index >= 15 is 0 Å². The van der Waals surface area contributed by atoms with Crippen molar-refractivity contribution in [3.8, 4) is 0 Å². The summed E-state index contributed by atoms with van der Waals surface area (Å²) in [6, 6.07) is 9.76. The Labute approximate surface area is 140 Å². The lowest BCUT2D eigenvalue weighted by Gasteiger charge is -2.38. The maximum Gasteiger partial charge on any atom is 0.252 e. The Kier molecular flexibility index (Phi) is 3.84. The van der Waals surface area contributed by atoms with Gasteiger partial charge in [0.2, 0.25) is 5.91 Å². The number of hydrogen-bond donors (Lipinski definition) is 1. The average Bonchev–Trinajstić information content (AvgIpc) is 3.04. The van der Waals surface area contributed by atoms with Crippen LogP contribution in [0.2, 0.25) is 0 Å². The number of alkyl halides is 2. The lowest BCUT2D eigenvalue weighted by atomic mass is 9.79. The maximum absolute atomic E-state index is 13.0. The zero-order chi connectivity index (χ0) is 16.8. The van der Waals surface area contributed by atoms with Crippen LogP contribution in [0.25, 0.3) is 0 Å². The molecule has 1 N–H and O–H groups in total. The first kappa shape index (κ1) is 16.0. The third-order valence-electron chi connectivity index (χ3n) is 5.57. The number of nitrogens with zero attached hydrogens (tertiary/aromatic N) is 1. The minimum atomic E-state index is -2.61. The Hall–Kier alpha value is -1.53. The molecule has 6 heteroatoms. The molecule has 1 aromatic rings. The number of benzene rings is 1. The highest BCUT2D eigenvalue weighted by atomic mass is 19.3. The first-order valence-electron chi connectivity index (χ1n) is 8.50. The van der Waals surface area contributed by atoms with Crippen molar-refractivity contribution < 1.29 is 18.3 Å². The van der Waals surface area contributed by atoms with E-state index in [-0.39, 0.29) is 24.7 Å². The van der Waals surface area contributed by atoms with E-state index in [1.54, 1.807) is 0 Å². The summed E-state index contributed by atoms with van der Waals surface area (Å²) < 4.78 is 31.6. The minimum Gasteiger partial charge on any atom is -0.380 e. The molecule has 0 radical (unpaired) electrons. The van der Waals surface area contributed by atoms with E-state index in [0.29, 0.717) is 19.8 Å². The summed E-state index contributed by atoms with van der Waals surface area (Å²) in [5, 5.41) is 2.83. The second kappa shape index (κ2) is 5.77. The Morgan fingerprint density at radius 3 is 2.75 bits per heavy atom. The first-order chi connectivity index (χ1) is 11.5. The Balaban J connectivity index is 1.42. The van der Waals surface area contributed by atoms with Gasteiger partial charge in [0, 0.05) is 44.4 Å². The highest BCUT2D eigenvalue weighted by molar-refractivity contribution is 5.84. The van der Waals surface area contributed by atoms with Crippen molar-refractivity contribution >= 4 is 5.91 Å². The van der Waals surface area contributed by atoms with Gasteiger partial charge in [0.05, 0.1) is 18.6 Å². The number of halogens is 2. The predicted molar refractivity (Wildman–Crippen MR) is 84.6 cm³/mol. The largest absolute Gasteiger partial charge is 0.380 e. The molecule has 3 fully saturated rings. The Bertz CT molecular complexity index is 617. The lowest BCUT2D eigenvalue weighted by molar-refractivity contribution is -0.139. The van der Waals surface area contributed by atoms with Gasteiger partial charge in [-0.05, 0) is 5.56 Å². The van der Waals surface area contributed by atoms with E-state index in [0.717, 1.165) is 13.1 Å². The van der Waals surface area contributed by atoms with Crippen LogP contribution in [0.3, 0.4) is 0 Å². The molecule has 1 amide bonds. The number of hydrogen-bond acceptors (Lipinski definition) is 3. The summed E-state index contributed by atoms with van der Waals surface area (Å²) in [6.07, 6.45) is -0.484. The van der Waals surface area contributed by atoms with Gasteiger partial charge < -0.3 is 10.1 Å². The fourth-order valence-electron chi connectivity index (χ4n) is 4.22.